The quantitative estimate of drug-likeness (QED) is 0.789. The van der Waals surface area contributed by atoms with E-state index in [0.717, 1.165) is 50.5 Å². The first-order chi connectivity index (χ1) is 8.83. The predicted molar refractivity (Wildman–Crippen MR) is 69.7 cm³/mol. The number of nitrogens with zero attached hydrogens (tertiary/aromatic N) is 3. The second-order valence-corrected chi connectivity index (χ2v) is 4.34. The Morgan fingerprint density at radius 2 is 2.11 bits per heavy atom. The molecule has 0 saturated carbocycles. The summed E-state index contributed by atoms with van der Waals surface area (Å²) >= 11 is 0. The van der Waals surface area contributed by atoms with Gasteiger partial charge in [0.1, 0.15) is 0 Å². The summed E-state index contributed by atoms with van der Waals surface area (Å²) in [6.45, 7) is 7.34. The molecule has 100 valence electrons. The molecule has 1 aliphatic heterocycles. The third-order valence-electron chi connectivity index (χ3n) is 3.01. The van der Waals surface area contributed by atoms with Crippen molar-refractivity contribution in [1.29, 1.82) is 0 Å². The molecular weight excluding hydrogens is 230 g/mol. The number of anilines is 1. The number of hydrogen-bond donors (Lipinski definition) is 2. The highest BCUT2D eigenvalue weighted by atomic mass is 16.5. The van der Waals surface area contributed by atoms with E-state index in [1.807, 2.05) is 0 Å². The second-order valence-electron chi connectivity index (χ2n) is 4.34. The van der Waals surface area contributed by atoms with E-state index < -0.39 is 0 Å². The molecule has 1 aromatic rings. The first kappa shape index (κ1) is 13.2. The molecule has 0 aliphatic carbocycles. The Bertz CT molecular complexity index is 379. The molecular formula is C12H21N5O. The van der Waals surface area contributed by atoms with E-state index in [0.29, 0.717) is 12.0 Å². The van der Waals surface area contributed by atoms with Crippen LogP contribution in [0.5, 0.6) is 0 Å². The van der Waals surface area contributed by atoms with Crippen LogP contribution in [0.15, 0.2) is 0 Å². The van der Waals surface area contributed by atoms with Gasteiger partial charge in [-0.3, -0.25) is 0 Å². The molecule has 1 fully saturated rings. The lowest BCUT2D eigenvalue weighted by molar-refractivity contribution is 0.0806. The van der Waals surface area contributed by atoms with Gasteiger partial charge in [-0.15, -0.1) is 5.10 Å². The van der Waals surface area contributed by atoms with Crippen molar-refractivity contribution in [2.75, 3.05) is 31.6 Å². The third kappa shape index (κ3) is 3.36. The van der Waals surface area contributed by atoms with Gasteiger partial charge in [0.15, 0.2) is 0 Å². The number of morpholine rings is 1. The summed E-state index contributed by atoms with van der Waals surface area (Å²) in [6, 6.07) is 0.318. The van der Waals surface area contributed by atoms with Crippen molar-refractivity contribution < 1.29 is 4.74 Å². The van der Waals surface area contributed by atoms with Crippen molar-refractivity contribution in [1.82, 2.24) is 20.5 Å². The first-order valence-corrected chi connectivity index (χ1v) is 6.61. The second kappa shape index (κ2) is 6.61. The highest BCUT2D eigenvalue weighted by Gasteiger charge is 2.13. The van der Waals surface area contributed by atoms with Crippen molar-refractivity contribution in [3.05, 3.63) is 11.4 Å². The SMILES string of the molecule is CCc1nnc(NCC2COCCN2)nc1CC. The molecule has 1 unspecified atom stereocenters. The highest BCUT2D eigenvalue weighted by molar-refractivity contribution is 5.26. The van der Waals surface area contributed by atoms with Crippen LogP contribution in [0, 0.1) is 0 Å². The monoisotopic (exact) mass is 251 g/mol. The van der Waals surface area contributed by atoms with Gasteiger partial charge in [0, 0.05) is 19.1 Å². The molecule has 0 aromatic carbocycles. The van der Waals surface area contributed by atoms with Crippen LogP contribution in [0.4, 0.5) is 5.95 Å². The summed E-state index contributed by atoms with van der Waals surface area (Å²) in [4.78, 5) is 4.49. The summed E-state index contributed by atoms with van der Waals surface area (Å²) < 4.78 is 5.39. The van der Waals surface area contributed by atoms with Gasteiger partial charge < -0.3 is 15.4 Å². The average Bonchev–Trinajstić information content (AvgIpc) is 2.45. The number of ether oxygens (including phenoxy) is 1. The van der Waals surface area contributed by atoms with Crippen LogP contribution in [0.3, 0.4) is 0 Å². The van der Waals surface area contributed by atoms with Gasteiger partial charge in [0.25, 0.3) is 0 Å². The molecule has 0 spiro atoms. The van der Waals surface area contributed by atoms with E-state index in [-0.39, 0.29) is 0 Å². The number of aromatic nitrogens is 3. The molecule has 2 N–H and O–H groups in total. The van der Waals surface area contributed by atoms with Crippen molar-refractivity contribution in [3.63, 3.8) is 0 Å². The van der Waals surface area contributed by atoms with Crippen LogP contribution >= 0.6 is 0 Å². The zero-order chi connectivity index (χ0) is 12.8. The van der Waals surface area contributed by atoms with E-state index in [1.54, 1.807) is 0 Å². The van der Waals surface area contributed by atoms with Gasteiger partial charge in [-0.05, 0) is 12.8 Å². The van der Waals surface area contributed by atoms with E-state index in [4.69, 9.17) is 4.74 Å². The fourth-order valence-electron chi connectivity index (χ4n) is 1.98. The van der Waals surface area contributed by atoms with E-state index in [2.05, 4.69) is 39.7 Å². The average molecular weight is 251 g/mol. The van der Waals surface area contributed by atoms with Gasteiger partial charge >= 0.3 is 0 Å². The Labute approximate surface area is 108 Å². The maximum Gasteiger partial charge on any atom is 0.243 e. The van der Waals surface area contributed by atoms with Crippen molar-refractivity contribution in [2.24, 2.45) is 0 Å². The lowest BCUT2D eigenvalue weighted by Crippen LogP contribution is -2.45. The Balaban J connectivity index is 1.92. The Kier molecular flexibility index (Phi) is 4.83. The van der Waals surface area contributed by atoms with Crippen LogP contribution < -0.4 is 10.6 Å². The zero-order valence-electron chi connectivity index (χ0n) is 11.1. The lowest BCUT2D eigenvalue weighted by Gasteiger charge is -2.23. The molecule has 1 atom stereocenters. The Morgan fingerprint density at radius 3 is 2.78 bits per heavy atom. The van der Waals surface area contributed by atoms with Crippen LogP contribution in [0.25, 0.3) is 0 Å². The highest BCUT2D eigenvalue weighted by Crippen LogP contribution is 2.06. The number of rotatable bonds is 5. The number of hydrogen-bond acceptors (Lipinski definition) is 6. The van der Waals surface area contributed by atoms with Gasteiger partial charge in [-0.1, -0.05) is 13.8 Å². The molecule has 0 amide bonds. The Morgan fingerprint density at radius 1 is 1.28 bits per heavy atom. The minimum atomic E-state index is 0.318. The maximum absolute atomic E-state index is 5.39. The van der Waals surface area contributed by atoms with Crippen LogP contribution in [0.2, 0.25) is 0 Å². The largest absolute Gasteiger partial charge is 0.378 e. The van der Waals surface area contributed by atoms with Crippen LogP contribution in [0.1, 0.15) is 25.2 Å². The molecule has 1 saturated heterocycles. The molecule has 2 heterocycles. The fourth-order valence-corrected chi connectivity index (χ4v) is 1.98. The summed E-state index contributed by atoms with van der Waals surface area (Å²) in [7, 11) is 0. The van der Waals surface area contributed by atoms with Gasteiger partial charge in [-0.25, -0.2) is 4.98 Å². The van der Waals surface area contributed by atoms with E-state index in [1.165, 1.54) is 0 Å². The molecule has 6 nitrogen and oxygen atoms in total. The smallest absolute Gasteiger partial charge is 0.243 e. The molecule has 1 aliphatic rings. The Hall–Kier alpha value is -1.27. The number of aryl methyl sites for hydroxylation is 2. The van der Waals surface area contributed by atoms with Crippen molar-refractivity contribution in [3.8, 4) is 0 Å². The molecule has 6 heteroatoms. The van der Waals surface area contributed by atoms with Crippen LogP contribution in [-0.2, 0) is 17.6 Å². The standard InChI is InChI=1S/C12H21N5O/c1-3-10-11(4-2)16-17-12(15-10)14-7-9-8-18-6-5-13-9/h9,13H,3-8H2,1-2H3,(H,14,15,17). The third-order valence-corrected chi connectivity index (χ3v) is 3.01. The predicted octanol–water partition coefficient (Wildman–Crippen LogP) is 0.397. The summed E-state index contributed by atoms with van der Waals surface area (Å²) in [5.74, 6) is 0.608. The topological polar surface area (TPSA) is 72.0 Å². The van der Waals surface area contributed by atoms with Gasteiger partial charge in [-0.2, -0.15) is 5.10 Å². The summed E-state index contributed by atoms with van der Waals surface area (Å²) in [6.07, 6.45) is 1.76. The molecule has 0 radical (unpaired) electrons. The van der Waals surface area contributed by atoms with Crippen LogP contribution in [-0.4, -0.2) is 47.5 Å². The molecule has 2 rings (SSSR count). The summed E-state index contributed by atoms with van der Waals surface area (Å²) in [5, 5.41) is 14.9. The summed E-state index contributed by atoms with van der Waals surface area (Å²) in [5.41, 5.74) is 2.02. The normalized spacial score (nSPS) is 19.8. The molecule has 1 aromatic heterocycles. The lowest BCUT2D eigenvalue weighted by atomic mass is 10.2. The van der Waals surface area contributed by atoms with E-state index >= 15 is 0 Å². The molecule has 18 heavy (non-hydrogen) atoms. The fraction of sp³-hybridized carbons (Fsp3) is 0.750. The number of nitrogens with one attached hydrogen (secondary N) is 2. The van der Waals surface area contributed by atoms with E-state index in [9.17, 15) is 0 Å². The zero-order valence-corrected chi connectivity index (χ0v) is 11.1. The maximum atomic E-state index is 5.39. The first-order valence-electron chi connectivity index (χ1n) is 6.61. The van der Waals surface area contributed by atoms with Gasteiger partial charge in [0.05, 0.1) is 24.6 Å². The minimum absolute atomic E-state index is 0.318. The van der Waals surface area contributed by atoms with Crippen molar-refractivity contribution >= 4 is 5.95 Å². The minimum Gasteiger partial charge on any atom is -0.378 e. The van der Waals surface area contributed by atoms with Gasteiger partial charge in [0.2, 0.25) is 5.95 Å². The van der Waals surface area contributed by atoms with Crippen molar-refractivity contribution in [2.45, 2.75) is 32.7 Å². The molecule has 0 bridgehead atoms.